The summed E-state index contributed by atoms with van der Waals surface area (Å²) in [5.41, 5.74) is 7.26. The van der Waals surface area contributed by atoms with Crippen LogP contribution in [0.4, 0.5) is 0 Å². The van der Waals surface area contributed by atoms with Crippen molar-refractivity contribution in [2.24, 2.45) is 5.73 Å². The van der Waals surface area contributed by atoms with Gasteiger partial charge in [0.25, 0.3) is 0 Å². The Morgan fingerprint density at radius 2 is 1.89 bits per heavy atom. The molecule has 1 heterocycles. The molecule has 1 unspecified atom stereocenters. The number of benzene rings is 1. The van der Waals surface area contributed by atoms with Gasteiger partial charge in [-0.15, -0.1) is 0 Å². The second-order valence-corrected chi connectivity index (χ2v) is 5.38. The molecule has 19 heavy (non-hydrogen) atoms. The van der Waals surface area contributed by atoms with Gasteiger partial charge in [0.05, 0.1) is 19.9 Å². The van der Waals surface area contributed by atoms with Crippen LogP contribution in [0.25, 0.3) is 0 Å². The van der Waals surface area contributed by atoms with Gasteiger partial charge in [-0.3, -0.25) is 4.90 Å². The highest BCUT2D eigenvalue weighted by molar-refractivity contribution is 5.47. The molecule has 4 nitrogen and oxygen atoms in total. The predicted molar refractivity (Wildman–Crippen MR) is 76.6 cm³/mol. The molecular formula is C15H24N2O2. The molecule has 1 fully saturated rings. The van der Waals surface area contributed by atoms with E-state index in [1.165, 1.54) is 12.8 Å². The Kier molecular flexibility index (Phi) is 4.32. The molecule has 0 aromatic heterocycles. The van der Waals surface area contributed by atoms with E-state index in [1.807, 2.05) is 12.1 Å². The number of nitrogens with zero attached hydrogens (tertiary/aromatic N) is 1. The second-order valence-electron chi connectivity index (χ2n) is 5.38. The first-order chi connectivity index (χ1) is 9.08. The third-order valence-electron chi connectivity index (χ3n) is 3.86. The van der Waals surface area contributed by atoms with Crippen LogP contribution in [0.1, 0.15) is 25.3 Å². The van der Waals surface area contributed by atoms with Crippen molar-refractivity contribution >= 4 is 0 Å². The summed E-state index contributed by atoms with van der Waals surface area (Å²) in [7, 11) is 3.33. The maximum atomic E-state index is 6.50. The number of para-hydroxylation sites is 1. The molecule has 106 valence electrons. The number of ether oxygens (including phenoxy) is 2. The van der Waals surface area contributed by atoms with E-state index in [-0.39, 0.29) is 5.66 Å². The van der Waals surface area contributed by atoms with Gasteiger partial charge in [0.15, 0.2) is 11.5 Å². The average molecular weight is 264 g/mol. The summed E-state index contributed by atoms with van der Waals surface area (Å²) in [6.07, 6.45) is 3.23. The summed E-state index contributed by atoms with van der Waals surface area (Å²) in [6, 6.07) is 5.95. The number of hydrogen-bond acceptors (Lipinski definition) is 4. The van der Waals surface area contributed by atoms with Crippen molar-refractivity contribution in [3.05, 3.63) is 23.8 Å². The second kappa shape index (κ2) is 5.80. The van der Waals surface area contributed by atoms with Gasteiger partial charge in [-0.1, -0.05) is 12.1 Å². The van der Waals surface area contributed by atoms with E-state index in [9.17, 15) is 0 Å². The summed E-state index contributed by atoms with van der Waals surface area (Å²) in [4.78, 5) is 2.35. The molecule has 0 aliphatic carbocycles. The van der Waals surface area contributed by atoms with Gasteiger partial charge >= 0.3 is 0 Å². The quantitative estimate of drug-likeness (QED) is 0.884. The Morgan fingerprint density at radius 1 is 1.21 bits per heavy atom. The number of methoxy groups -OCH3 is 2. The van der Waals surface area contributed by atoms with Gasteiger partial charge < -0.3 is 15.2 Å². The lowest BCUT2D eigenvalue weighted by molar-refractivity contribution is 0.140. The van der Waals surface area contributed by atoms with Crippen LogP contribution < -0.4 is 15.2 Å². The molecule has 0 radical (unpaired) electrons. The maximum Gasteiger partial charge on any atom is 0.164 e. The highest BCUT2D eigenvalue weighted by Crippen LogP contribution is 2.33. The third-order valence-corrected chi connectivity index (χ3v) is 3.86. The Labute approximate surface area is 115 Å². The molecule has 2 N–H and O–H groups in total. The monoisotopic (exact) mass is 264 g/mol. The van der Waals surface area contributed by atoms with Crippen LogP contribution in [0.2, 0.25) is 0 Å². The molecule has 4 heteroatoms. The van der Waals surface area contributed by atoms with Crippen LogP contribution in [0.5, 0.6) is 11.5 Å². The molecule has 1 aliphatic rings. The molecular weight excluding hydrogens is 240 g/mol. The van der Waals surface area contributed by atoms with Crippen LogP contribution in [-0.2, 0) is 6.42 Å². The molecule has 2 rings (SSSR count). The molecule has 1 aliphatic heterocycles. The average Bonchev–Trinajstić information content (AvgIpc) is 2.92. The largest absolute Gasteiger partial charge is 0.493 e. The number of likely N-dealkylation sites (tertiary alicyclic amines) is 1. The number of hydrogen-bond donors (Lipinski definition) is 1. The van der Waals surface area contributed by atoms with E-state index >= 15 is 0 Å². The lowest BCUT2D eigenvalue weighted by atomic mass is 9.99. The Balaban J connectivity index is 2.22. The summed E-state index contributed by atoms with van der Waals surface area (Å²) < 4.78 is 10.8. The molecule has 1 atom stereocenters. The van der Waals surface area contributed by atoms with E-state index in [4.69, 9.17) is 15.2 Å². The zero-order valence-corrected chi connectivity index (χ0v) is 12.1. The normalized spacial score (nSPS) is 19.2. The number of nitrogens with two attached hydrogens (primary N) is 1. The molecule has 1 aromatic carbocycles. The lowest BCUT2D eigenvalue weighted by Crippen LogP contribution is -2.54. The van der Waals surface area contributed by atoms with Crippen molar-refractivity contribution in [1.29, 1.82) is 0 Å². The SMILES string of the molecule is COc1cccc(CC(C)(N)N2CCCC2)c1OC. The summed E-state index contributed by atoms with van der Waals surface area (Å²) in [5, 5.41) is 0. The summed E-state index contributed by atoms with van der Waals surface area (Å²) in [6.45, 7) is 4.26. The minimum atomic E-state index is -0.337. The van der Waals surface area contributed by atoms with Gasteiger partial charge in [-0.2, -0.15) is 0 Å². The minimum Gasteiger partial charge on any atom is -0.493 e. The standard InChI is InChI=1S/C15H24N2O2/c1-15(16,17-9-4-5-10-17)11-12-7-6-8-13(18-2)14(12)19-3/h6-8H,4-5,9-11,16H2,1-3H3. The van der Waals surface area contributed by atoms with E-state index in [1.54, 1.807) is 14.2 Å². The van der Waals surface area contributed by atoms with Gasteiger partial charge in [-0.25, -0.2) is 0 Å². The van der Waals surface area contributed by atoms with E-state index in [0.717, 1.165) is 36.6 Å². The van der Waals surface area contributed by atoms with Crippen LogP contribution in [0.15, 0.2) is 18.2 Å². The third kappa shape index (κ3) is 3.01. The smallest absolute Gasteiger partial charge is 0.164 e. The van der Waals surface area contributed by atoms with Gasteiger partial charge in [0.2, 0.25) is 0 Å². The first-order valence-electron chi connectivity index (χ1n) is 6.82. The van der Waals surface area contributed by atoms with Crippen molar-refractivity contribution in [2.75, 3.05) is 27.3 Å². The molecule has 0 spiro atoms. The van der Waals surface area contributed by atoms with Crippen molar-refractivity contribution in [2.45, 2.75) is 31.8 Å². The maximum absolute atomic E-state index is 6.50. The Bertz CT molecular complexity index is 426. The van der Waals surface area contributed by atoms with Crippen molar-refractivity contribution < 1.29 is 9.47 Å². The molecule has 0 bridgehead atoms. The zero-order chi connectivity index (χ0) is 13.9. The highest BCUT2D eigenvalue weighted by Gasteiger charge is 2.31. The van der Waals surface area contributed by atoms with E-state index < -0.39 is 0 Å². The van der Waals surface area contributed by atoms with Crippen molar-refractivity contribution in [3.8, 4) is 11.5 Å². The highest BCUT2D eigenvalue weighted by atomic mass is 16.5. The van der Waals surface area contributed by atoms with Gasteiger partial charge in [-0.05, 0) is 38.9 Å². The predicted octanol–water partition coefficient (Wildman–Crippen LogP) is 2.02. The van der Waals surface area contributed by atoms with Gasteiger partial charge in [0, 0.05) is 12.0 Å². The lowest BCUT2D eigenvalue weighted by Gasteiger charge is -2.35. The van der Waals surface area contributed by atoms with E-state index in [2.05, 4.69) is 17.9 Å². The molecule has 1 aromatic rings. The molecule has 1 saturated heterocycles. The molecule has 0 saturated carbocycles. The van der Waals surface area contributed by atoms with E-state index in [0.29, 0.717) is 0 Å². The summed E-state index contributed by atoms with van der Waals surface area (Å²) >= 11 is 0. The number of rotatable bonds is 5. The van der Waals surface area contributed by atoms with Crippen LogP contribution in [0.3, 0.4) is 0 Å². The fraction of sp³-hybridized carbons (Fsp3) is 0.600. The summed E-state index contributed by atoms with van der Waals surface area (Å²) in [5.74, 6) is 1.55. The topological polar surface area (TPSA) is 47.7 Å². The first kappa shape index (κ1) is 14.2. The Hall–Kier alpha value is -1.26. The van der Waals surface area contributed by atoms with Gasteiger partial charge in [0.1, 0.15) is 0 Å². The van der Waals surface area contributed by atoms with Crippen LogP contribution >= 0.6 is 0 Å². The Morgan fingerprint density at radius 3 is 2.47 bits per heavy atom. The minimum absolute atomic E-state index is 0.337. The van der Waals surface area contributed by atoms with Crippen molar-refractivity contribution in [1.82, 2.24) is 4.90 Å². The first-order valence-corrected chi connectivity index (χ1v) is 6.82. The zero-order valence-electron chi connectivity index (χ0n) is 12.1. The van der Waals surface area contributed by atoms with Crippen LogP contribution in [-0.4, -0.2) is 37.9 Å². The van der Waals surface area contributed by atoms with Crippen molar-refractivity contribution in [3.63, 3.8) is 0 Å². The fourth-order valence-corrected chi connectivity index (χ4v) is 2.82. The molecule has 0 amide bonds. The fourth-order valence-electron chi connectivity index (χ4n) is 2.82. The van der Waals surface area contributed by atoms with Crippen LogP contribution in [0, 0.1) is 0 Å².